The van der Waals surface area contributed by atoms with Crippen molar-refractivity contribution in [3.63, 3.8) is 0 Å². The van der Waals surface area contributed by atoms with Crippen molar-refractivity contribution in [3.8, 4) is 0 Å². The van der Waals surface area contributed by atoms with Crippen LogP contribution in [0.1, 0.15) is 5.56 Å². The first kappa shape index (κ1) is 13.1. The fraction of sp³-hybridized carbons (Fsp3) is 0.500. The molecule has 1 saturated heterocycles. The molecule has 1 N–H and O–H groups in total. The summed E-state index contributed by atoms with van der Waals surface area (Å²) in [5, 5.41) is 4.43. The quantitative estimate of drug-likeness (QED) is 0.916. The molecule has 0 aliphatic carbocycles. The normalized spacial score (nSPS) is 21.7. The summed E-state index contributed by atoms with van der Waals surface area (Å²) in [5.74, 6) is 0. The molecule has 3 nitrogen and oxygen atoms in total. The summed E-state index contributed by atoms with van der Waals surface area (Å²) >= 11 is 11.9. The highest BCUT2D eigenvalue weighted by Gasteiger charge is 2.25. The predicted octanol–water partition coefficient (Wildman–Crippen LogP) is 2.50. The Labute approximate surface area is 111 Å². The molecule has 0 saturated carbocycles. The summed E-state index contributed by atoms with van der Waals surface area (Å²) in [6.07, 6.45) is 0.834. The van der Waals surface area contributed by atoms with Gasteiger partial charge in [-0.3, -0.25) is 5.32 Å². The Hall–Kier alpha value is -0.320. The number of methoxy groups -OCH3 is 1. The van der Waals surface area contributed by atoms with Gasteiger partial charge in [0, 0.05) is 30.1 Å². The topological polar surface area (TPSA) is 30.5 Å². The van der Waals surface area contributed by atoms with Gasteiger partial charge in [-0.05, 0) is 23.8 Å². The van der Waals surface area contributed by atoms with E-state index in [-0.39, 0.29) is 12.2 Å². The highest BCUT2D eigenvalue weighted by atomic mass is 35.5. The fourth-order valence-corrected chi connectivity index (χ4v) is 2.56. The minimum Gasteiger partial charge on any atom is -0.378 e. The lowest BCUT2D eigenvalue weighted by Gasteiger charge is -2.21. The summed E-state index contributed by atoms with van der Waals surface area (Å²) < 4.78 is 11.0. The molecule has 2 rings (SSSR count). The molecule has 94 valence electrons. The molecule has 1 aliphatic rings. The number of nitrogens with one attached hydrogen (secondary N) is 1. The van der Waals surface area contributed by atoms with Crippen LogP contribution in [-0.2, 0) is 15.9 Å². The summed E-state index contributed by atoms with van der Waals surface area (Å²) in [5.41, 5.74) is 1.06. The second-order valence-corrected chi connectivity index (χ2v) is 4.93. The minimum absolute atomic E-state index is 0.0135. The zero-order chi connectivity index (χ0) is 12.3. The molecule has 1 aliphatic heterocycles. The Balaban J connectivity index is 2.06. The maximum atomic E-state index is 5.97. The molecule has 0 spiro atoms. The zero-order valence-corrected chi connectivity index (χ0v) is 11.1. The summed E-state index contributed by atoms with van der Waals surface area (Å²) in [7, 11) is 1.69. The first-order valence-electron chi connectivity index (χ1n) is 5.49. The average Bonchev–Trinajstić information content (AvgIpc) is 2.77. The van der Waals surface area contributed by atoms with E-state index in [1.807, 2.05) is 12.1 Å². The van der Waals surface area contributed by atoms with Gasteiger partial charge in [-0.15, -0.1) is 0 Å². The molecule has 1 fully saturated rings. The third kappa shape index (κ3) is 3.57. The Morgan fingerprint density at radius 2 is 2.12 bits per heavy atom. The van der Waals surface area contributed by atoms with Gasteiger partial charge < -0.3 is 9.47 Å². The van der Waals surface area contributed by atoms with Crippen LogP contribution in [0.25, 0.3) is 0 Å². The molecule has 2 atom stereocenters. The lowest BCUT2D eigenvalue weighted by Crippen LogP contribution is -2.33. The number of hydrogen-bond acceptors (Lipinski definition) is 3. The van der Waals surface area contributed by atoms with Gasteiger partial charge in [0.05, 0.1) is 18.9 Å². The van der Waals surface area contributed by atoms with Crippen molar-refractivity contribution in [2.75, 3.05) is 20.4 Å². The average molecular weight is 276 g/mol. The van der Waals surface area contributed by atoms with E-state index in [0.29, 0.717) is 16.8 Å². The Morgan fingerprint density at radius 3 is 2.65 bits per heavy atom. The van der Waals surface area contributed by atoms with Crippen LogP contribution < -0.4 is 5.32 Å². The van der Waals surface area contributed by atoms with Crippen molar-refractivity contribution < 1.29 is 9.47 Å². The smallest absolute Gasteiger partial charge is 0.0982 e. The van der Waals surface area contributed by atoms with Gasteiger partial charge in [0.25, 0.3) is 0 Å². The molecule has 5 heteroatoms. The standard InChI is InChI=1S/C12H15Cl2NO2/c1-16-11(12-6-15-7-17-12)4-8-2-9(13)5-10(14)3-8/h2-3,5,11-12,15H,4,6-7H2,1H3. The van der Waals surface area contributed by atoms with Gasteiger partial charge in [0.2, 0.25) is 0 Å². The second kappa shape index (κ2) is 6.03. The van der Waals surface area contributed by atoms with E-state index < -0.39 is 0 Å². The maximum absolute atomic E-state index is 5.97. The first-order valence-corrected chi connectivity index (χ1v) is 6.24. The van der Waals surface area contributed by atoms with E-state index in [0.717, 1.165) is 18.5 Å². The lowest BCUT2D eigenvalue weighted by atomic mass is 10.0. The van der Waals surface area contributed by atoms with Crippen LogP contribution in [0.15, 0.2) is 18.2 Å². The van der Waals surface area contributed by atoms with Crippen LogP contribution in [0.3, 0.4) is 0 Å². The van der Waals surface area contributed by atoms with Gasteiger partial charge in [-0.25, -0.2) is 0 Å². The van der Waals surface area contributed by atoms with Crippen LogP contribution in [0, 0.1) is 0 Å². The van der Waals surface area contributed by atoms with Gasteiger partial charge >= 0.3 is 0 Å². The molecule has 1 aromatic carbocycles. The van der Waals surface area contributed by atoms with E-state index >= 15 is 0 Å². The van der Waals surface area contributed by atoms with Crippen LogP contribution >= 0.6 is 23.2 Å². The van der Waals surface area contributed by atoms with Crippen molar-refractivity contribution in [3.05, 3.63) is 33.8 Å². The van der Waals surface area contributed by atoms with Crippen molar-refractivity contribution in [2.45, 2.75) is 18.6 Å². The van der Waals surface area contributed by atoms with E-state index in [1.165, 1.54) is 0 Å². The Bertz CT molecular complexity index is 361. The predicted molar refractivity (Wildman–Crippen MR) is 68.7 cm³/mol. The number of benzene rings is 1. The number of hydrogen-bond donors (Lipinski definition) is 1. The second-order valence-electron chi connectivity index (χ2n) is 4.06. The van der Waals surface area contributed by atoms with Gasteiger partial charge in [-0.2, -0.15) is 0 Å². The van der Waals surface area contributed by atoms with E-state index in [4.69, 9.17) is 32.7 Å². The maximum Gasteiger partial charge on any atom is 0.0982 e. The van der Waals surface area contributed by atoms with Crippen LogP contribution in [0.5, 0.6) is 0 Å². The lowest BCUT2D eigenvalue weighted by molar-refractivity contribution is -0.0217. The molecule has 0 amide bonds. The largest absolute Gasteiger partial charge is 0.378 e. The van der Waals surface area contributed by atoms with E-state index in [9.17, 15) is 0 Å². The molecular formula is C12H15Cl2NO2. The summed E-state index contributed by atoms with van der Waals surface area (Å²) in [6, 6.07) is 5.53. The molecule has 2 unspecified atom stereocenters. The third-order valence-electron chi connectivity index (χ3n) is 2.82. The van der Waals surface area contributed by atoms with Crippen LogP contribution in [0.4, 0.5) is 0 Å². The molecule has 1 heterocycles. The van der Waals surface area contributed by atoms with Gasteiger partial charge in [0.15, 0.2) is 0 Å². The number of ether oxygens (including phenoxy) is 2. The molecule has 17 heavy (non-hydrogen) atoms. The van der Waals surface area contributed by atoms with Crippen molar-refractivity contribution in [1.29, 1.82) is 0 Å². The molecule has 0 aromatic heterocycles. The van der Waals surface area contributed by atoms with E-state index in [2.05, 4.69) is 5.32 Å². The third-order valence-corrected chi connectivity index (χ3v) is 3.26. The van der Waals surface area contributed by atoms with Crippen molar-refractivity contribution in [1.82, 2.24) is 5.32 Å². The molecular weight excluding hydrogens is 261 g/mol. The van der Waals surface area contributed by atoms with E-state index in [1.54, 1.807) is 13.2 Å². The molecule has 0 radical (unpaired) electrons. The Morgan fingerprint density at radius 1 is 1.41 bits per heavy atom. The van der Waals surface area contributed by atoms with Gasteiger partial charge in [0.1, 0.15) is 0 Å². The van der Waals surface area contributed by atoms with Crippen LogP contribution in [-0.4, -0.2) is 32.6 Å². The minimum atomic E-state index is 0.0135. The van der Waals surface area contributed by atoms with Crippen LogP contribution in [0.2, 0.25) is 10.0 Å². The summed E-state index contributed by atoms with van der Waals surface area (Å²) in [4.78, 5) is 0. The Kier molecular flexibility index (Phi) is 4.65. The number of rotatable bonds is 4. The highest BCUT2D eigenvalue weighted by Crippen LogP contribution is 2.22. The van der Waals surface area contributed by atoms with Crippen molar-refractivity contribution in [2.24, 2.45) is 0 Å². The molecule has 0 bridgehead atoms. The highest BCUT2D eigenvalue weighted by molar-refractivity contribution is 6.34. The van der Waals surface area contributed by atoms with Crippen molar-refractivity contribution >= 4 is 23.2 Å². The monoisotopic (exact) mass is 275 g/mol. The fourth-order valence-electron chi connectivity index (χ4n) is 1.99. The van der Waals surface area contributed by atoms with Gasteiger partial charge in [-0.1, -0.05) is 23.2 Å². The number of halogens is 2. The first-order chi connectivity index (χ1) is 8.19. The molecule has 1 aromatic rings. The zero-order valence-electron chi connectivity index (χ0n) is 9.58. The SMILES string of the molecule is COC(Cc1cc(Cl)cc(Cl)c1)C1CNCO1. The summed E-state index contributed by atoms with van der Waals surface area (Å²) in [6.45, 7) is 1.40.